The highest BCUT2D eigenvalue weighted by Crippen LogP contribution is 2.66. The molecule has 6 aliphatic rings. The van der Waals surface area contributed by atoms with Crippen LogP contribution in [0.3, 0.4) is 0 Å². The summed E-state index contributed by atoms with van der Waals surface area (Å²) in [6, 6.07) is 3.16. The summed E-state index contributed by atoms with van der Waals surface area (Å²) in [5, 5.41) is 0. The maximum Gasteiger partial charge on any atom is 0.0221 e. The van der Waals surface area contributed by atoms with Crippen LogP contribution in [0, 0.1) is 22.7 Å². The van der Waals surface area contributed by atoms with Gasteiger partial charge < -0.3 is 9.80 Å². The van der Waals surface area contributed by atoms with E-state index in [1.54, 1.807) is 6.42 Å². The molecule has 3 nitrogen and oxygen atoms in total. The van der Waals surface area contributed by atoms with Gasteiger partial charge in [0.15, 0.2) is 0 Å². The van der Waals surface area contributed by atoms with Crippen molar-refractivity contribution in [3.05, 3.63) is 0 Å². The van der Waals surface area contributed by atoms with Crippen LogP contribution in [-0.2, 0) is 0 Å². The van der Waals surface area contributed by atoms with Crippen molar-refractivity contribution >= 4 is 0 Å². The summed E-state index contributed by atoms with van der Waals surface area (Å²) in [6.07, 6.45) is 18.0. The standard InChI is InChI=1S/C30H53N3/c1-22(2)31-15-12-29(13-16-31)20-26(29)27-7-10-30(33(27)23(3)4)18-25(19-30)17-24(5)32-14-11-28(21-32)8-6-9-28/h22-27H,6-21H2,1-5H3. The zero-order valence-corrected chi connectivity index (χ0v) is 22.6. The summed E-state index contributed by atoms with van der Waals surface area (Å²) in [7, 11) is 0. The van der Waals surface area contributed by atoms with Gasteiger partial charge in [-0.3, -0.25) is 4.90 Å². The Labute approximate surface area is 205 Å². The Balaban J connectivity index is 1.04. The van der Waals surface area contributed by atoms with Gasteiger partial charge in [-0.1, -0.05) is 6.42 Å². The van der Waals surface area contributed by atoms with Crippen LogP contribution < -0.4 is 0 Å². The lowest BCUT2D eigenvalue weighted by Crippen LogP contribution is -2.59. The molecule has 3 unspecified atom stereocenters. The number of piperidine rings is 1. The van der Waals surface area contributed by atoms with E-state index in [9.17, 15) is 0 Å². The Bertz CT molecular complexity index is 710. The second kappa shape index (κ2) is 8.20. The van der Waals surface area contributed by atoms with E-state index in [1.165, 1.54) is 96.8 Å². The van der Waals surface area contributed by atoms with Crippen LogP contribution in [0.5, 0.6) is 0 Å². The van der Waals surface area contributed by atoms with Crippen molar-refractivity contribution in [2.24, 2.45) is 22.7 Å². The largest absolute Gasteiger partial charge is 0.301 e. The van der Waals surface area contributed by atoms with E-state index in [1.807, 2.05) is 0 Å². The average Bonchev–Trinajstić information content (AvgIpc) is 3.10. The number of nitrogens with zero attached hydrogens (tertiary/aromatic N) is 3. The van der Waals surface area contributed by atoms with Crippen molar-refractivity contribution in [2.75, 3.05) is 26.2 Å². The van der Waals surface area contributed by atoms with Crippen molar-refractivity contribution in [1.82, 2.24) is 14.7 Å². The van der Waals surface area contributed by atoms with E-state index in [2.05, 4.69) is 49.3 Å². The van der Waals surface area contributed by atoms with Crippen LogP contribution in [0.2, 0.25) is 0 Å². The maximum absolute atomic E-state index is 3.10. The molecule has 0 N–H and O–H groups in total. The van der Waals surface area contributed by atoms with Crippen LogP contribution in [0.15, 0.2) is 0 Å². The molecule has 0 bridgehead atoms. The lowest BCUT2D eigenvalue weighted by molar-refractivity contribution is -0.0483. The zero-order valence-electron chi connectivity index (χ0n) is 22.6. The molecule has 0 aromatic carbocycles. The van der Waals surface area contributed by atoms with E-state index in [-0.39, 0.29) is 0 Å². The Hall–Kier alpha value is -0.120. The van der Waals surface area contributed by atoms with Crippen LogP contribution >= 0.6 is 0 Å². The smallest absolute Gasteiger partial charge is 0.0221 e. The first-order chi connectivity index (χ1) is 15.7. The molecule has 3 heteroatoms. The van der Waals surface area contributed by atoms with E-state index in [0.29, 0.717) is 5.54 Å². The number of likely N-dealkylation sites (tertiary alicyclic amines) is 3. The fraction of sp³-hybridized carbons (Fsp3) is 1.00. The van der Waals surface area contributed by atoms with Gasteiger partial charge in [0.05, 0.1) is 0 Å². The molecule has 3 saturated heterocycles. The van der Waals surface area contributed by atoms with E-state index in [4.69, 9.17) is 0 Å². The zero-order chi connectivity index (χ0) is 23.0. The third-order valence-electron chi connectivity index (χ3n) is 12.1. The molecule has 188 valence electrons. The molecular weight excluding hydrogens is 402 g/mol. The SMILES string of the molecule is CC(C)N1CCC2(CC1)CC2C1CCC2(CC(CC(C)N3CCC4(CCC4)C3)C2)N1C(C)C. The topological polar surface area (TPSA) is 9.72 Å². The van der Waals surface area contributed by atoms with Gasteiger partial charge in [0.1, 0.15) is 0 Å². The molecule has 3 saturated carbocycles. The summed E-state index contributed by atoms with van der Waals surface area (Å²) in [6.45, 7) is 17.8. The molecule has 3 aliphatic heterocycles. The number of hydrogen-bond donors (Lipinski definition) is 0. The van der Waals surface area contributed by atoms with Gasteiger partial charge in [-0.2, -0.15) is 0 Å². The summed E-state index contributed by atoms with van der Waals surface area (Å²) in [4.78, 5) is 8.70. The predicted molar refractivity (Wildman–Crippen MR) is 138 cm³/mol. The molecule has 6 fully saturated rings. The third kappa shape index (κ3) is 3.86. The first kappa shape index (κ1) is 23.3. The molecular formula is C30H53N3. The fourth-order valence-corrected chi connectivity index (χ4v) is 10.0. The Morgan fingerprint density at radius 3 is 2.03 bits per heavy atom. The minimum absolute atomic E-state index is 0.575. The fourth-order valence-electron chi connectivity index (χ4n) is 10.0. The first-order valence-corrected chi connectivity index (χ1v) is 15.0. The van der Waals surface area contributed by atoms with E-state index in [0.717, 1.165) is 46.8 Å². The minimum Gasteiger partial charge on any atom is -0.301 e. The van der Waals surface area contributed by atoms with Gasteiger partial charge in [0.25, 0.3) is 0 Å². The van der Waals surface area contributed by atoms with Gasteiger partial charge in [0.2, 0.25) is 0 Å². The molecule has 3 aliphatic carbocycles. The Morgan fingerprint density at radius 2 is 1.45 bits per heavy atom. The monoisotopic (exact) mass is 455 g/mol. The van der Waals surface area contributed by atoms with Gasteiger partial charge in [0, 0.05) is 36.3 Å². The summed E-state index contributed by atoms with van der Waals surface area (Å²) in [5.74, 6) is 2.00. The summed E-state index contributed by atoms with van der Waals surface area (Å²) in [5.41, 5.74) is 2.05. The lowest BCUT2D eigenvalue weighted by atomic mass is 9.64. The maximum atomic E-state index is 3.10. The molecule has 3 atom stereocenters. The molecule has 0 aromatic heterocycles. The molecule has 33 heavy (non-hydrogen) atoms. The van der Waals surface area contributed by atoms with Gasteiger partial charge >= 0.3 is 0 Å². The minimum atomic E-state index is 0.575. The first-order valence-electron chi connectivity index (χ1n) is 15.0. The third-order valence-corrected chi connectivity index (χ3v) is 12.1. The summed E-state index contributed by atoms with van der Waals surface area (Å²) < 4.78 is 0. The van der Waals surface area contributed by atoms with Crippen LogP contribution in [-0.4, -0.2) is 70.6 Å². The molecule has 0 aromatic rings. The molecule has 0 radical (unpaired) electrons. The lowest BCUT2D eigenvalue weighted by Gasteiger charge is -2.55. The van der Waals surface area contributed by atoms with Gasteiger partial charge in [-0.05, 0) is 148 Å². The molecule has 6 rings (SSSR count). The highest BCUT2D eigenvalue weighted by molar-refractivity contribution is 5.17. The van der Waals surface area contributed by atoms with Crippen LogP contribution in [0.25, 0.3) is 0 Å². The predicted octanol–water partition coefficient (Wildman–Crippen LogP) is 6.17. The van der Waals surface area contributed by atoms with E-state index >= 15 is 0 Å². The van der Waals surface area contributed by atoms with Crippen molar-refractivity contribution < 1.29 is 0 Å². The Kier molecular flexibility index (Phi) is 5.79. The normalized spacial score (nSPS) is 41.4. The van der Waals surface area contributed by atoms with Crippen LogP contribution in [0.1, 0.15) is 112 Å². The van der Waals surface area contributed by atoms with Crippen LogP contribution in [0.4, 0.5) is 0 Å². The van der Waals surface area contributed by atoms with Gasteiger partial charge in [-0.15, -0.1) is 0 Å². The van der Waals surface area contributed by atoms with Crippen molar-refractivity contribution in [2.45, 2.75) is 141 Å². The summed E-state index contributed by atoms with van der Waals surface area (Å²) >= 11 is 0. The quantitative estimate of drug-likeness (QED) is 0.474. The van der Waals surface area contributed by atoms with Crippen molar-refractivity contribution in [1.29, 1.82) is 0 Å². The second-order valence-electron chi connectivity index (χ2n) is 14.6. The molecule has 0 amide bonds. The van der Waals surface area contributed by atoms with Crippen molar-refractivity contribution in [3.63, 3.8) is 0 Å². The van der Waals surface area contributed by atoms with E-state index < -0.39 is 0 Å². The number of rotatable bonds is 6. The average molecular weight is 456 g/mol. The molecule has 3 heterocycles. The van der Waals surface area contributed by atoms with Crippen molar-refractivity contribution in [3.8, 4) is 0 Å². The highest BCUT2D eigenvalue weighted by Gasteiger charge is 2.64. The molecule has 3 spiro atoms. The second-order valence-corrected chi connectivity index (χ2v) is 14.6. The Morgan fingerprint density at radius 1 is 0.758 bits per heavy atom. The van der Waals surface area contributed by atoms with Gasteiger partial charge in [-0.25, -0.2) is 0 Å². The highest BCUT2D eigenvalue weighted by atomic mass is 15.3. The number of hydrogen-bond acceptors (Lipinski definition) is 3.